The number of carbonyl (C=O) groups excluding carboxylic acids is 1. The third kappa shape index (κ3) is 2.40. The number of aromatic nitrogens is 1. The van der Waals surface area contributed by atoms with E-state index in [0.29, 0.717) is 5.13 Å². The number of carbonyl (C=O) groups is 1. The number of rotatable bonds is 3. The number of hydrogen-bond donors (Lipinski definition) is 2. The van der Waals surface area contributed by atoms with Gasteiger partial charge in [0.05, 0.1) is 12.2 Å². The number of anilines is 1. The van der Waals surface area contributed by atoms with E-state index in [0.717, 1.165) is 31.7 Å². The Labute approximate surface area is 98.7 Å². The third-order valence-electron chi connectivity index (χ3n) is 2.69. The van der Waals surface area contributed by atoms with Crippen LogP contribution in [0, 0.1) is 0 Å². The fourth-order valence-corrected chi connectivity index (χ4v) is 2.81. The number of nitrogens with one attached hydrogen (secondary N) is 1. The SMILES string of the molecule is CCN1CCc2nc(NC(=O)CN)sc2C1. The van der Waals surface area contributed by atoms with Crippen molar-refractivity contribution in [2.75, 3.05) is 25.0 Å². The van der Waals surface area contributed by atoms with Gasteiger partial charge in [0, 0.05) is 24.4 Å². The van der Waals surface area contributed by atoms with Crippen LogP contribution in [0.4, 0.5) is 5.13 Å². The van der Waals surface area contributed by atoms with Crippen LogP contribution >= 0.6 is 11.3 Å². The molecule has 1 aliphatic heterocycles. The fourth-order valence-electron chi connectivity index (χ4n) is 1.74. The van der Waals surface area contributed by atoms with Gasteiger partial charge in [-0.15, -0.1) is 11.3 Å². The molecule has 0 bridgehead atoms. The second-order valence-corrected chi connectivity index (χ2v) is 4.84. The smallest absolute Gasteiger partial charge is 0.239 e. The Kier molecular flexibility index (Phi) is 3.52. The molecule has 16 heavy (non-hydrogen) atoms. The molecule has 0 spiro atoms. The second kappa shape index (κ2) is 4.90. The molecule has 0 fully saturated rings. The van der Waals surface area contributed by atoms with Crippen LogP contribution in [0.5, 0.6) is 0 Å². The molecule has 1 aromatic heterocycles. The van der Waals surface area contributed by atoms with E-state index in [2.05, 4.69) is 22.1 Å². The molecule has 0 unspecified atom stereocenters. The van der Waals surface area contributed by atoms with Gasteiger partial charge in [-0.2, -0.15) is 0 Å². The summed E-state index contributed by atoms with van der Waals surface area (Å²) in [7, 11) is 0. The van der Waals surface area contributed by atoms with Gasteiger partial charge in [-0.05, 0) is 6.54 Å². The van der Waals surface area contributed by atoms with Crippen molar-refractivity contribution in [2.45, 2.75) is 19.9 Å². The van der Waals surface area contributed by atoms with Gasteiger partial charge in [0.2, 0.25) is 5.91 Å². The van der Waals surface area contributed by atoms with Crippen molar-refractivity contribution >= 4 is 22.4 Å². The summed E-state index contributed by atoms with van der Waals surface area (Å²) >= 11 is 1.56. The lowest BCUT2D eigenvalue weighted by Gasteiger charge is -2.23. The number of nitrogens with zero attached hydrogens (tertiary/aromatic N) is 2. The number of fused-ring (bicyclic) bond motifs is 1. The van der Waals surface area contributed by atoms with Gasteiger partial charge in [0.25, 0.3) is 0 Å². The zero-order valence-corrected chi connectivity index (χ0v) is 10.1. The van der Waals surface area contributed by atoms with Gasteiger partial charge in [-0.1, -0.05) is 6.92 Å². The number of likely N-dealkylation sites (N-methyl/N-ethyl adjacent to an activating group) is 1. The molecule has 88 valence electrons. The Bertz CT molecular complexity index is 390. The summed E-state index contributed by atoms with van der Waals surface area (Å²) in [6.45, 7) is 5.22. The van der Waals surface area contributed by atoms with Gasteiger partial charge < -0.3 is 11.1 Å². The predicted octanol–water partition coefficient (Wildman–Crippen LogP) is 0.418. The molecule has 0 atom stereocenters. The maximum atomic E-state index is 11.1. The first-order chi connectivity index (χ1) is 7.72. The lowest BCUT2D eigenvalue weighted by atomic mass is 10.2. The molecule has 3 N–H and O–H groups in total. The lowest BCUT2D eigenvalue weighted by Crippen LogP contribution is -2.29. The summed E-state index contributed by atoms with van der Waals surface area (Å²) in [5.41, 5.74) is 6.37. The minimum Gasteiger partial charge on any atom is -0.322 e. The first-order valence-corrected chi connectivity index (χ1v) is 6.25. The maximum Gasteiger partial charge on any atom is 0.239 e. The summed E-state index contributed by atoms with van der Waals surface area (Å²) in [6.07, 6.45) is 0.970. The summed E-state index contributed by atoms with van der Waals surface area (Å²) in [5.74, 6) is -0.182. The van der Waals surface area contributed by atoms with Crippen molar-refractivity contribution in [1.82, 2.24) is 9.88 Å². The van der Waals surface area contributed by atoms with E-state index in [1.54, 1.807) is 11.3 Å². The second-order valence-electron chi connectivity index (χ2n) is 3.76. The Morgan fingerprint density at radius 2 is 2.50 bits per heavy atom. The number of nitrogens with two attached hydrogens (primary N) is 1. The summed E-state index contributed by atoms with van der Waals surface area (Å²) in [5, 5.41) is 3.39. The maximum absolute atomic E-state index is 11.1. The molecule has 0 aliphatic carbocycles. The molecule has 2 rings (SSSR count). The normalized spacial score (nSPS) is 15.9. The monoisotopic (exact) mass is 240 g/mol. The van der Waals surface area contributed by atoms with E-state index in [9.17, 15) is 4.79 Å². The molecule has 1 aliphatic rings. The van der Waals surface area contributed by atoms with Crippen molar-refractivity contribution < 1.29 is 4.79 Å². The quantitative estimate of drug-likeness (QED) is 0.803. The molecular formula is C10H16N4OS. The fraction of sp³-hybridized carbons (Fsp3) is 0.600. The number of thiazole rings is 1. The molecular weight excluding hydrogens is 224 g/mol. The van der Waals surface area contributed by atoms with E-state index in [1.165, 1.54) is 4.88 Å². The highest BCUT2D eigenvalue weighted by atomic mass is 32.1. The molecule has 0 aromatic carbocycles. The van der Waals surface area contributed by atoms with Gasteiger partial charge in [0.1, 0.15) is 0 Å². The van der Waals surface area contributed by atoms with E-state index < -0.39 is 0 Å². The van der Waals surface area contributed by atoms with Crippen molar-refractivity contribution in [3.05, 3.63) is 10.6 Å². The highest BCUT2D eigenvalue weighted by Crippen LogP contribution is 2.27. The molecule has 6 heteroatoms. The molecule has 0 saturated carbocycles. The van der Waals surface area contributed by atoms with Crippen LogP contribution in [0.1, 0.15) is 17.5 Å². The van der Waals surface area contributed by atoms with Gasteiger partial charge in [-0.25, -0.2) is 4.98 Å². The van der Waals surface area contributed by atoms with Gasteiger partial charge >= 0.3 is 0 Å². The number of hydrogen-bond acceptors (Lipinski definition) is 5. The highest BCUT2D eigenvalue weighted by molar-refractivity contribution is 7.15. The van der Waals surface area contributed by atoms with Crippen LogP contribution in [0.15, 0.2) is 0 Å². The minimum absolute atomic E-state index is 0.00529. The summed E-state index contributed by atoms with van der Waals surface area (Å²) in [6, 6.07) is 0. The zero-order chi connectivity index (χ0) is 11.5. The Morgan fingerprint density at radius 1 is 1.69 bits per heavy atom. The standard InChI is InChI=1S/C10H16N4OS/c1-2-14-4-3-7-8(6-14)16-10(12-7)13-9(15)5-11/h2-6,11H2,1H3,(H,12,13,15). The summed E-state index contributed by atoms with van der Waals surface area (Å²) in [4.78, 5) is 19.2. The molecule has 0 radical (unpaired) electrons. The topological polar surface area (TPSA) is 71.2 Å². The van der Waals surface area contributed by atoms with E-state index in [1.807, 2.05) is 0 Å². The lowest BCUT2D eigenvalue weighted by molar-refractivity contribution is -0.114. The highest BCUT2D eigenvalue weighted by Gasteiger charge is 2.19. The molecule has 2 heterocycles. The van der Waals surface area contributed by atoms with Crippen LogP contribution in [-0.2, 0) is 17.8 Å². The zero-order valence-electron chi connectivity index (χ0n) is 9.32. The van der Waals surface area contributed by atoms with E-state index in [4.69, 9.17) is 5.73 Å². The molecule has 1 amide bonds. The van der Waals surface area contributed by atoms with Gasteiger partial charge in [-0.3, -0.25) is 9.69 Å². The van der Waals surface area contributed by atoms with E-state index >= 15 is 0 Å². The Morgan fingerprint density at radius 3 is 3.19 bits per heavy atom. The number of amides is 1. The van der Waals surface area contributed by atoms with E-state index in [-0.39, 0.29) is 12.5 Å². The van der Waals surface area contributed by atoms with Crippen molar-refractivity contribution in [3.63, 3.8) is 0 Å². The predicted molar refractivity (Wildman–Crippen MR) is 64.5 cm³/mol. The Balaban J connectivity index is 2.09. The molecule has 5 nitrogen and oxygen atoms in total. The minimum atomic E-state index is -0.182. The average molecular weight is 240 g/mol. The van der Waals surface area contributed by atoms with Crippen LogP contribution < -0.4 is 11.1 Å². The van der Waals surface area contributed by atoms with Crippen molar-refractivity contribution in [3.8, 4) is 0 Å². The summed E-state index contributed by atoms with van der Waals surface area (Å²) < 4.78 is 0. The average Bonchev–Trinajstić information content (AvgIpc) is 2.69. The van der Waals surface area contributed by atoms with Gasteiger partial charge in [0.15, 0.2) is 5.13 Å². The Hall–Kier alpha value is -0.980. The van der Waals surface area contributed by atoms with Crippen LogP contribution in [-0.4, -0.2) is 35.4 Å². The molecule has 0 saturated heterocycles. The first-order valence-electron chi connectivity index (χ1n) is 5.43. The third-order valence-corrected chi connectivity index (χ3v) is 3.69. The van der Waals surface area contributed by atoms with Crippen LogP contribution in [0.3, 0.4) is 0 Å². The first kappa shape index (κ1) is 11.5. The van der Waals surface area contributed by atoms with Crippen LogP contribution in [0.25, 0.3) is 0 Å². The molecule has 1 aromatic rings. The van der Waals surface area contributed by atoms with Crippen molar-refractivity contribution in [1.29, 1.82) is 0 Å². The largest absolute Gasteiger partial charge is 0.322 e. The van der Waals surface area contributed by atoms with Crippen LogP contribution in [0.2, 0.25) is 0 Å². The van der Waals surface area contributed by atoms with Crippen molar-refractivity contribution in [2.24, 2.45) is 5.73 Å².